The molecule has 0 saturated carbocycles. The number of ether oxygens (including phenoxy) is 4. The maximum atomic E-state index is 14.3. The van der Waals surface area contributed by atoms with Crippen molar-refractivity contribution in [2.24, 2.45) is 0 Å². The Morgan fingerprint density at radius 2 is 1.77 bits per heavy atom. The molecule has 0 fully saturated rings. The number of carbonyl (C=O) groups is 2. The number of anilines is 1. The number of hydrogen-bond acceptors (Lipinski definition) is 8. The van der Waals surface area contributed by atoms with Gasteiger partial charge in [-0.3, -0.25) is 9.59 Å². The number of hydrogen-bond donors (Lipinski definition) is 1. The number of nitrogens with one attached hydrogen (secondary N) is 1. The number of methoxy groups -OCH3 is 2. The van der Waals surface area contributed by atoms with Crippen LogP contribution < -0.4 is 24.3 Å². The summed E-state index contributed by atoms with van der Waals surface area (Å²) in [5.74, 6) is 0.509. The van der Waals surface area contributed by atoms with Crippen LogP contribution in [0.4, 0.5) is 10.1 Å². The first kappa shape index (κ1) is 28.5. The fraction of sp³-hybridized carbons (Fsp3) is 0.188. The number of amides is 2. The molecular formula is C32H28FN5O6. The highest BCUT2D eigenvalue weighted by Gasteiger charge is 2.34. The molecule has 1 aliphatic rings. The molecule has 6 rings (SSSR count). The van der Waals surface area contributed by atoms with Crippen LogP contribution in [0.3, 0.4) is 0 Å². The topological polar surface area (TPSA) is 117 Å². The number of fused-ring (bicyclic) bond motifs is 2. The van der Waals surface area contributed by atoms with E-state index in [4.69, 9.17) is 18.9 Å². The molecule has 0 spiro atoms. The molecule has 12 heteroatoms. The Morgan fingerprint density at radius 3 is 2.57 bits per heavy atom. The second-order valence-electron chi connectivity index (χ2n) is 9.95. The lowest BCUT2D eigenvalue weighted by molar-refractivity contribution is -0.140. The van der Waals surface area contributed by atoms with Gasteiger partial charge in [0, 0.05) is 12.6 Å². The predicted octanol–water partition coefficient (Wildman–Crippen LogP) is 4.73. The molecule has 0 unspecified atom stereocenters. The SMILES string of the molecule is COc1ccc(NC(=O)[C@@H](c2ccc3c(c2)OCO3)N(Cc2ccc(F)cc2)C(=O)Cn2nnc3ccccc32)c(OC)c1. The Bertz CT molecular complexity index is 1830. The zero-order valence-electron chi connectivity index (χ0n) is 23.9. The van der Waals surface area contributed by atoms with Crippen molar-refractivity contribution in [2.75, 3.05) is 26.3 Å². The van der Waals surface area contributed by atoms with E-state index in [2.05, 4.69) is 15.6 Å². The zero-order chi connectivity index (χ0) is 30.6. The quantitative estimate of drug-likeness (QED) is 0.246. The predicted molar refractivity (Wildman–Crippen MR) is 158 cm³/mol. The summed E-state index contributed by atoms with van der Waals surface area (Å²) in [5, 5.41) is 11.2. The zero-order valence-corrected chi connectivity index (χ0v) is 23.9. The van der Waals surface area contributed by atoms with Crippen LogP contribution in [0.1, 0.15) is 17.2 Å². The van der Waals surface area contributed by atoms with E-state index in [0.717, 1.165) is 0 Å². The Hall–Kier alpha value is -5.65. The lowest BCUT2D eigenvalue weighted by atomic mass is 10.0. The van der Waals surface area contributed by atoms with Gasteiger partial charge in [-0.25, -0.2) is 9.07 Å². The summed E-state index contributed by atoms with van der Waals surface area (Å²) >= 11 is 0. The highest BCUT2D eigenvalue weighted by molar-refractivity contribution is 5.99. The summed E-state index contributed by atoms with van der Waals surface area (Å²) in [5.41, 5.74) is 2.75. The van der Waals surface area contributed by atoms with E-state index in [-0.39, 0.29) is 19.9 Å². The summed E-state index contributed by atoms with van der Waals surface area (Å²) in [6.45, 7) is -0.184. The number of nitrogens with zero attached hydrogens (tertiary/aromatic N) is 4. The standard InChI is InChI=1S/C32H28FN5O6/c1-41-23-12-13-25(28(16-23)42-2)34-32(40)31(21-9-14-27-29(15-21)44-19-43-27)37(17-20-7-10-22(33)11-8-20)30(39)18-38-26-6-4-3-5-24(26)35-36-38/h3-16,31H,17-19H2,1-2H3,(H,34,40)/t31-/m1/s1. The maximum Gasteiger partial charge on any atom is 0.251 e. The molecule has 11 nitrogen and oxygen atoms in total. The molecular weight excluding hydrogens is 569 g/mol. The van der Waals surface area contributed by atoms with Gasteiger partial charge in [-0.05, 0) is 59.7 Å². The van der Waals surface area contributed by atoms with Crippen molar-refractivity contribution in [3.05, 3.63) is 102 Å². The van der Waals surface area contributed by atoms with Crippen LogP contribution in [0.15, 0.2) is 84.9 Å². The number of para-hydroxylation sites is 1. The molecule has 2 amide bonds. The molecule has 1 aliphatic heterocycles. The normalized spacial score (nSPS) is 12.5. The molecule has 0 saturated heterocycles. The van der Waals surface area contributed by atoms with Gasteiger partial charge in [0.15, 0.2) is 11.5 Å². The summed E-state index contributed by atoms with van der Waals surface area (Å²) in [4.78, 5) is 29.9. The first-order valence-corrected chi connectivity index (χ1v) is 13.7. The van der Waals surface area contributed by atoms with E-state index in [1.807, 2.05) is 18.2 Å². The number of halogens is 1. The van der Waals surface area contributed by atoms with E-state index in [1.54, 1.807) is 54.6 Å². The van der Waals surface area contributed by atoms with Gasteiger partial charge in [-0.15, -0.1) is 5.10 Å². The van der Waals surface area contributed by atoms with Crippen molar-refractivity contribution in [3.63, 3.8) is 0 Å². The van der Waals surface area contributed by atoms with Crippen molar-refractivity contribution >= 4 is 28.5 Å². The molecule has 4 aromatic carbocycles. The van der Waals surface area contributed by atoms with E-state index >= 15 is 0 Å². The highest BCUT2D eigenvalue weighted by atomic mass is 19.1. The van der Waals surface area contributed by atoms with Gasteiger partial charge in [-0.1, -0.05) is 35.5 Å². The highest BCUT2D eigenvalue weighted by Crippen LogP contribution is 2.37. The summed E-state index contributed by atoms with van der Waals surface area (Å²) < 4.78 is 37.2. The Morgan fingerprint density at radius 1 is 0.977 bits per heavy atom. The van der Waals surface area contributed by atoms with Crippen LogP contribution in [-0.2, 0) is 22.7 Å². The van der Waals surface area contributed by atoms with Crippen LogP contribution in [-0.4, -0.2) is 52.7 Å². The van der Waals surface area contributed by atoms with Gasteiger partial charge in [0.1, 0.15) is 35.4 Å². The average molecular weight is 598 g/mol. The molecule has 44 heavy (non-hydrogen) atoms. The van der Waals surface area contributed by atoms with Gasteiger partial charge < -0.3 is 29.2 Å². The van der Waals surface area contributed by atoms with Crippen LogP contribution in [0, 0.1) is 5.82 Å². The Balaban J connectivity index is 1.42. The van der Waals surface area contributed by atoms with Crippen LogP contribution in [0.25, 0.3) is 11.0 Å². The van der Waals surface area contributed by atoms with Crippen LogP contribution >= 0.6 is 0 Å². The largest absolute Gasteiger partial charge is 0.497 e. The molecule has 0 bridgehead atoms. The van der Waals surface area contributed by atoms with Crippen molar-refractivity contribution in [1.82, 2.24) is 19.9 Å². The fourth-order valence-corrected chi connectivity index (χ4v) is 5.02. The first-order valence-electron chi connectivity index (χ1n) is 13.7. The minimum absolute atomic E-state index is 0.0159. The Kier molecular flexibility index (Phi) is 7.96. The van der Waals surface area contributed by atoms with E-state index in [0.29, 0.717) is 50.8 Å². The van der Waals surface area contributed by atoms with Crippen molar-refractivity contribution < 1.29 is 32.9 Å². The smallest absolute Gasteiger partial charge is 0.251 e. The van der Waals surface area contributed by atoms with E-state index in [1.165, 1.54) is 35.9 Å². The Labute approximate surface area is 251 Å². The van der Waals surface area contributed by atoms with E-state index in [9.17, 15) is 14.0 Å². The molecule has 1 atom stereocenters. The first-order chi connectivity index (χ1) is 21.4. The molecule has 0 radical (unpaired) electrons. The summed E-state index contributed by atoms with van der Waals surface area (Å²) in [6.07, 6.45) is 0. The number of carbonyl (C=O) groups excluding carboxylic acids is 2. The molecule has 2 heterocycles. The van der Waals surface area contributed by atoms with Gasteiger partial charge in [-0.2, -0.15) is 0 Å². The second-order valence-corrected chi connectivity index (χ2v) is 9.95. The number of benzene rings is 4. The summed E-state index contributed by atoms with van der Waals surface area (Å²) in [7, 11) is 3.01. The van der Waals surface area contributed by atoms with E-state index < -0.39 is 23.7 Å². The number of aromatic nitrogens is 3. The molecule has 0 aliphatic carbocycles. The molecule has 1 aromatic heterocycles. The third-order valence-electron chi connectivity index (χ3n) is 7.23. The minimum atomic E-state index is -1.16. The molecule has 1 N–H and O–H groups in total. The van der Waals surface area contributed by atoms with Crippen molar-refractivity contribution in [1.29, 1.82) is 0 Å². The minimum Gasteiger partial charge on any atom is -0.497 e. The van der Waals surface area contributed by atoms with Crippen LogP contribution in [0.2, 0.25) is 0 Å². The van der Waals surface area contributed by atoms with Gasteiger partial charge in [0.25, 0.3) is 5.91 Å². The fourth-order valence-electron chi connectivity index (χ4n) is 5.02. The monoisotopic (exact) mass is 597 g/mol. The van der Waals surface area contributed by atoms with Crippen molar-refractivity contribution in [3.8, 4) is 23.0 Å². The summed E-state index contributed by atoms with van der Waals surface area (Å²) in [6, 6.07) is 21.9. The lowest BCUT2D eigenvalue weighted by Gasteiger charge is -2.32. The van der Waals surface area contributed by atoms with Gasteiger partial charge in [0.2, 0.25) is 12.7 Å². The maximum absolute atomic E-state index is 14.3. The second kappa shape index (κ2) is 12.3. The van der Waals surface area contributed by atoms with Crippen LogP contribution in [0.5, 0.6) is 23.0 Å². The van der Waals surface area contributed by atoms with Gasteiger partial charge >= 0.3 is 0 Å². The lowest BCUT2D eigenvalue weighted by Crippen LogP contribution is -2.42. The van der Waals surface area contributed by atoms with Crippen molar-refractivity contribution in [2.45, 2.75) is 19.1 Å². The number of rotatable bonds is 10. The average Bonchev–Trinajstić information content (AvgIpc) is 3.68. The third kappa shape index (κ3) is 5.82. The van der Waals surface area contributed by atoms with Gasteiger partial charge in [0.05, 0.1) is 25.4 Å². The third-order valence-corrected chi connectivity index (χ3v) is 7.23. The molecule has 5 aromatic rings. The molecule has 224 valence electrons.